The molecule has 5 aromatic rings. The second-order valence-electron chi connectivity index (χ2n) is 6.80. The summed E-state index contributed by atoms with van der Waals surface area (Å²) in [5, 5.41) is 8.72. The van der Waals surface area contributed by atoms with Crippen LogP contribution in [0.4, 0.5) is 5.69 Å². The molecule has 5 aromatic heterocycles. The van der Waals surface area contributed by atoms with E-state index in [-0.39, 0.29) is 5.71 Å². The molecule has 30 heavy (non-hydrogen) atoms. The first-order valence-corrected chi connectivity index (χ1v) is 10.1. The molecule has 0 aliphatic heterocycles. The Morgan fingerprint density at radius 3 is 2.60 bits per heavy atom. The highest BCUT2D eigenvalue weighted by Crippen LogP contribution is 2.31. The van der Waals surface area contributed by atoms with Crippen molar-refractivity contribution in [2.75, 3.05) is 5.73 Å². The smallest absolute Gasteiger partial charge is 0.158 e. The molecule has 5 heterocycles. The molecular formula is C22H17N7S. The molecule has 0 radical (unpaired) electrons. The molecule has 0 bridgehead atoms. The first-order valence-electron chi connectivity index (χ1n) is 9.28. The summed E-state index contributed by atoms with van der Waals surface area (Å²) >= 11 is 1.66. The van der Waals surface area contributed by atoms with Gasteiger partial charge in [0.25, 0.3) is 0 Å². The van der Waals surface area contributed by atoms with E-state index in [1.807, 2.05) is 30.3 Å². The minimum Gasteiger partial charge on any atom is -0.397 e. The largest absolute Gasteiger partial charge is 0.397 e. The Morgan fingerprint density at radius 2 is 1.83 bits per heavy atom. The maximum absolute atomic E-state index is 8.72. The summed E-state index contributed by atoms with van der Waals surface area (Å²) in [4.78, 5) is 23.3. The molecule has 0 saturated carbocycles. The van der Waals surface area contributed by atoms with E-state index in [0.29, 0.717) is 17.2 Å². The zero-order valence-corrected chi connectivity index (χ0v) is 16.9. The van der Waals surface area contributed by atoms with E-state index in [1.54, 1.807) is 36.0 Å². The summed E-state index contributed by atoms with van der Waals surface area (Å²) in [6.07, 6.45) is 5.16. The summed E-state index contributed by atoms with van der Waals surface area (Å²) in [7, 11) is 0. The third-order valence-corrected chi connectivity index (χ3v) is 5.76. The Bertz CT molecular complexity index is 1390. The molecule has 0 spiro atoms. The number of anilines is 1. The van der Waals surface area contributed by atoms with Crippen molar-refractivity contribution in [1.29, 1.82) is 5.41 Å². The summed E-state index contributed by atoms with van der Waals surface area (Å²) in [6, 6.07) is 13.3. The van der Waals surface area contributed by atoms with Crippen LogP contribution in [0.1, 0.15) is 16.4 Å². The van der Waals surface area contributed by atoms with Crippen LogP contribution in [0.2, 0.25) is 0 Å². The fourth-order valence-corrected chi connectivity index (χ4v) is 4.13. The molecule has 5 rings (SSSR count). The fourth-order valence-electron chi connectivity index (χ4n) is 3.26. The van der Waals surface area contributed by atoms with Gasteiger partial charge in [-0.15, -0.1) is 11.3 Å². The van der Waals surface area contributed by atoms with Gasteiger partial charge in [-0.25, -0.2) is 9.97 Å². The van der Waals surface area contributed by atoms with Crippen LogP contribution in [-0.4, -0.2) is 30.6 Å². The van der Waals surface area contributed by atoms with Gasteiger partial charge >= 0.3 is 0 Å². The lowest BCUT2D eigenvalue weighted by atomic mass is 10.1. The van der Waals surface area contributed by atoms with Gasteiger partial charge in [-0.05, 0) is 49.4 Å². The normalized spacial score (nSPS) is 11.1. The zero-order chi connectivity index (χ0) is 20.7. The Labute approximate surface area is 176 Å². The van der Waals surface area contributed by atoms with Crippen LogP contribution in [-0.2, 0) is 0 Å². The minimum absolute atomic E-state index is 0.132. The van der Waals surface area contributed by atoms with Crippen molar-refractivity contribution in [3.8, 4) is 21.8 Å². The van der Waals surface area contributed by atoms with Crippen LogP contribution < -0.4 is 5.73 Å². The molecule has 0 amide bonds. The van der Waals surface area contributed by atoms with Crippen LogP contribution in [0.3, 0.4) is 0 Å². The van der Waals surface area contributed by atoms with Crippen LogP contribution >= 0.6 is 11.3 Å². The number of imidazole rings is 1. The first kappa shape index (κ1) is 18.1. The molecule has 146 valence electrons. The van der Waals surface area contributed by atoms with Gasteiger partial charge in [-0.2, -0.15) is 0 Å². The van der Waals surface area contributed by atoms with Crippen LogP contribution in [0, 0.1) is 12.3 Å². The highest BCUT2D eigenvalue weighted by molar-refractivity contribution is 7.15. The first-order chi connectivity index (χ1) is 14.6. The number of nitrogens with one attached hydrogen (secondary N) is 2. The van der Waals surface area contributed by atoms with Crippen molar-refractivity contribution in [1.82, 2.24) is 24.9 Å². The van der Waals surface area contributed by atoms with E-state index in [1.165, 1.54) is 4.88 Å². The van der Waals surface area contributed by atoms with Crippen LogP contribution in [0.5, 0.6) is 0 Å². The lowest BCUT2D eigenvalue weighted by Crippen LogP contribution is -2.10. The molecule has 4 N–H and O–H groups in total. The number of H-pyrrole nitrogens is 1. The number of thiophene rings is 1. The number of rotatable bonds is 4. The van der Waals surface area contributed by atoms with E-state index in [9.17, 15) is 0 Å². The average molecular weight is 411 g/mol. The van der Waals surface area contributed by atoms with Gasteiger partial charge in [0.05, 0.1) is 21.8 Å². The van der Waals surface area contributed by atoms with Crippen molar-refractivity contribution < 1.29 is 0 Å². The van der Waals surface area contributed by atoms with Crippen molar-refractivity contribution in [3.63, 3.8) is 0 Å². The molecule has 0 saturated heterocycles. The third kappa shape index (κ3) is 3.13. The van der Waals surface area contributed by atoms with Gasteiger partial charge in [0, 0.05) is 29.0 Å². The van der Waals surface area contributed by atoms with E-state index >= 15 is 0 Å². The van der Waals surface area contributed by atoms with Gasteiger partial charge in [0.15, 0.2) is 5.82 Å². The molecule has 0 aromatic carbocycles. The highest BCUT2D eigenvalue weighted by atomic mass is 32.1. The Morgan fingerprint density at radius 1 is 1.00 bits per heavy atom. The molecule has 0 atom stereocenters. The topological polar surface area (TPSA) is 117 Å². The van der Waals surface area contributed by atoms with E-state index in [0.717, 1.165) is 32.9 Å². The summed E-state index contributed by atoms with van der Waals surface area (Å²) in [5.41, 5.74) is 11.1. The second-order valence-corrected chi connectivity index (χ2v) is 8.08. The van der Waals surface area contributed by atoms with Crippen molar-refractivity contribution in [3.05, 3.63) is 77.5 Å². The number of aryl methyl sites for hydroxylation is 1. The highest BCUT2D eigenvalue weighted by Gasteiger charge is 2.18. The molecule has 8 heteroatoms. The second kappa shape index (κ2) is 7.16. The maximum atomic E-state index is 8.72. The van der Waals surface area contributed by atoms with Crippen molar-refractivity contribution in [2.24, 2.45) is 0 Å². The number of nitrogens with zero attached hydrogens (tertiary/aromatic N) is 4. The lowest BCUT2D eigenvalue weighted by Gasteiger charge is -2.07. The van der Waals surface area contributed by atoms with Crippen LogP contribution in [0.15, 0.2) is 61.1 Å². The lowest BCUT2D eigenvalue weighted by molar-refractivity contribution is 1.21. The summed E-state index contributed by atoms with van der Waals surface area (Å²) in [6.45, 7) is 2.06. The Hall–Kier alpha value is -3.91. The minimum atomic E-state index is 0.132. The van der Waals surface area contributed by atoms with Gasteiger partial charge < -0.3 is 10.7 Å². The number of nitrogen functional groups attached to an aromatic ring is 1. The number of hydrogen-bond acceptors (Lipinski definition) is 7. The zero-order valence-electron chi connectivity index (χ0n) is 16.0. The third-order valence-electron chi connectivity index (χ3n) is 4.75. The monoisotopic (exact) mass is 411 g/mol. The van der Waals surface area contributed by atoms with Crippen molar-refractivity contribution >= 4 is 33.8 Å². The molecule has 0 unspecified atom stereocenters. The van der Waals surface area contributed by atoms with Crippen molar-refractivity contribution in [2.45, 2.75) is 6.92 Å². The molecule has 7 nitrogen and oxygen atoms in total. The average Bonchev–Trinajstić information content (AvgIpc) is 3.40. The molecule has 0 aliphatic rings. The van der Waals surface area contributed by atoms with Gasteiger partial charge in [-0.3, -0.25) is 15.4 Å². The quantitative estimate of drug-likeness (QED) is 0.378. The fraction of sp³-hybridized carbons (Fsp3) is 0.0455. The Balaban J connectivity index is 1.59. The molecular weight excluding hydrogens is 394 g/mol. The van der Waals surface area contributed by atoms with Gasteiger partial charge in [-0.1, -0.05) is 0 Å². The standard InChI is InChI=1S/C22H17N7S/c1-12-2-5-17(30-12)21-20-16(8-11-26-21)28-22(29-20)18(24)19-14(23)3-4-15(27-19)13-6-9-25-10-7-13/h2-11,24H,23H2,1H3,(H,28,29). The number of hydrogen-bond donors (Lipinski definition) is 3. The number of pyridine rings is 3. The SMILES string of the molecule is Cc1ccc(-c2nccc3[nH]c(C(=N)c4nc(-c5ccncc5)ccc4N)nc23)s1. The number of aromatic amines is 1. The van der Waals surface area contributed by atoms with Gasteiger partial charge in [0.1, 0.15) is 22.6 Å². The molecule has 0 aliphatic carbocycles. The van der Waals surface area contributed by atoms with Crippen LogP contribution in [0.25, 0.3) is 32.9 Å². The summed E-state index contributed by atoms with van der Waals surface area (Å²) < 4.78 is 0. The maximum Gasteiger partial charge on any atom is 0.158 e. The van der Waals surface area contributed by atoms with Gasteiger partial charge in [0.2, 0.25) is 0 Å². The molecule has 0 fully saturated rings. The number of nitrogens with two attached hydrogens (primary N) is 1. The van der Waals surface area contributed by atoms with E-state index in [4.69, 9.17) is 11.1 Å². The van der Waals surface area contributed by atoms with E-state index < -0.39 is 0 Å². The predicted octanol–water partition coefficient (Wildman–Crippen LogP) is 4.45. The summed E-state index contributed by atoms with van der Waals surface area (Å²) in [5.74, 6) is 0.401. The Kier molecular flexibility index (Phi) is 4.33. The predicted molar refractivity (Wildman–Crippen MR) is 120 cm³/mol. The van der Waals surface area contributed by atoms with E-state index in [2.05, 4.69) is 37.9 Å². The number of aromatic nitrogens is 5. The number of fused-ring (bicyclic) bond motifs is 1.